The summed E-state index contributed by atoms with van der Waals surface area (Å²) in [7, 11) is 5.25. The van der Waals surface area contributed by atoms with Crippen LogP contribution in [0.1, 0.15) is 10.4 Å². The Hall–Kier alpha value is -2.88. The zero-order valence-corrected chi connectivity index (χ0v) is 22.1. The molecule has 0 aliphatic rings. The topological polar surface area (TPSA) is 100 Å². The van der Waals surface area contributed by atoms with E-state index in [1.807, 2.05) is 49.5 Å². The van der Waals surface area contributed by atoms with Gasteiger partial charge in [0.25, 0.3) is 5.91 Å². The van der Waals surface area contributed by atoms with Crippen molar-refractivity contribution in [3.63, 3.8) is 0 Å². The van der Waals surface area contributed by atoms with E-state index in [4.69, 9.17) is 17.3 Å². The Morgan fingerprint density at radius 3 is 2.41 bits per heavy atom. The molecule has 10 heteroatoms. The molecule has 2 aromatic carbocycles. The number of thioether (sulfide) groups is 2. The minimum absolute atomic E-state index is 0.211. The average Bonchev–Trinajstić information content (AvgIpc) is 2.84. The van der Waals surface area contributed by atoms with Crippen molar-refractivity contribution in [1.82, 2.24) is 15.6 Å². The molecule has 3 aromatic rings. The van der Waals surface area contributed by atoms with Crippen LogP contribution in [0.4, 0.5) is 16.2 Å². The van der Waals surface area contributed by atoms with E-state index in [0.29, 0.717) is 0 Å². The molecule has 0 fully saturated rings. The molecule has 1 aromatic heterocycles. The van der Waals surface area contributed by atoms with Gasteiger partial charge in [0.1, 0.15) is 0 Å². The monoisotopic (exact) mass is 517 g/mol. The number of amides is 3. The van der Waals surface area contributed by atoms with E-state index in [-0.39, 0.29) is 10.6 Å². The summed E-state index contributed by atoms with van der Waals surface area (Å²) in [5.74, 6) is -0.571. The molecule has 34 heavy (non-hydrogen) atoms. The molecule has 0 atom stereocenters. The lowest BCUT2D eigenvalue weighted by Gasteiger charge is -2.17. The van der Waals surface area contributed by atoms with Gasteiger partial charge in [-0.05, 0) is 55.0 Å². The number of nitrogen functional groups attached to an aromatic ring is 1. The lowest BCUT2D eigenvalue weighted by Crippen LogP contribution is -2.37. The first-order valence-electron chi connectivity index (χ1n) is 10.1. The van der Waals surface area contributed by atoms with Gasteiger partial charge in [-0.25, -0.2) is 4.79 Å². The third-order valence-corrected chi connectivity index (χ3v) is 6.50. The van der Waals surface area contributed by atoms with Crippen molar-refractivity contribution in [1.29, 1.82) is 0 Å². The maximum absolute atomic E-state index is 12.1. The van der Waals surface area contributed by atoms with E-state index in [2.05, 4.69) is 27.9 Å². The molecule has 0 saturated carbocycles. The highest BCUT2D eigenvalue weighted by Gasteiger charge is 2.16. The van der Waals surface area contributed by atoms with E-state index < -0.39 is 11.9 Å². The van der Waals surface area contributed by atoms with Crippen molar-refractivity contribution in [3.8, 4) is 11.3 Å². The molecule has 0 aliphatic heterocycles. The van der Waals surface area contributed by atoms with Gasteiger partial charge in [0.15, 0.2) is 0 Å². The maximum Gasteiger partial charge on any atom is 0.321 e. The fraction of sp³-hybridized carbons (Fsp3) is 0.208. The highest BCUT2D eigenvalue weighted by Crippen LogP contribution is 2.30. The van der Waals surface area contributed by atoms with Crippen molar-refractivity contribution >= 4 is 58.4 Å². The molecule has 0 radical (unpaired) electrons. The largest absolute Gasteiger partial charge is 0.398 e. The van der Waals surface area contributed by atoms with Gasteiger partial charge in [0.05, 0.1) is 22.0 Å². The normalized spacial score (nSPS) is 10.1. The first kappa shape index (κ1) is 27.4. The second-order valence-electron chi connectivity index (χ2n) is 7.10. The van der Waals surface area contributed by atoms with Crippen LogP contribution in [0.5, 0.6) is 0 Å². The second-order valence-corrected chi connectivity index (χ2v) is 9.24. The summed E-state index contributed by atoms with van der Waals surface area (Å²) in [4.78, 5) is 32.2. The van der Waals surface area contributed by atoms with Gasteiger partial charge in [-0.1, -0.05) is 17.7 Å². The minimum atomic E-state index is -0.594. The number of hydrogen-bond donors (Lipinski definition) is 3. The number of aromatic nitrogens is 1. The molecule has 7 nitrogen and oxygen atoms in total. The Bertz CT molecular complexity index is 1160. The van der Waals surface area contributed by atoms with Gasteiger partial charge in [-0.3, -0.25) is 15.1 Å². The molecule has 0 unspecified atom stereocenters. The molecular weight excluding hydrogens is 490 g/mol. The Balaban J connectivity index is 0.000000310. The van der Waals surface area contributed by atoms with Gasteiger partial charge in [0, 0.05) is 48.4 Å². The summed E-state index contributed by atoms with van der Waals surface area (Å²) < 4.78 is 0. The molecule has 4 N–H and O–H groups in total. The molecule has 1 heterocycles. The summed E-state index contributed by atoms with van der Waals surface area (Å²) in [6, 6.07) is 14.3. The lowest BCUT2D eigenvalue weighted by molar-refractivity contribution is 0.0964. The number of pyridine rings is 1. The number of imide groups is 1. The smallest absolute Gasteiger partial charge is 0.321 e. The van der Waals surface area contributed by atoms with Gasteiger partial charge in [0.2, 0.25) is 0 Å². The quantitative estimate of drug-likeness (QED) is 0.314. The summed E-state index contributed by atoms with van der Waals surface area (Å²) in [5.41, 5.74) is 9.18. The number of halogens is 1. The van der Waals surface area contributed by atoms with E-state index in [1.165, 1.54) is 11.9 Å². The third kappa shape index (κ3) is 7.31. The van der Waals surface area contributed by atoms with Gasteiger partial charge in [-0.2, -0.15) is 0 Å². The number of urea groups is 1. The fourth-order valence-corrected chi connectivity index (χ4v) is 4.14. The summed E-state index contributed by atoms with van der Waals surface area (Å²) >= 11 is 9.51. The SMILES string of the molecule is CNC(=O)NC(=O)c1cc(-c2ncccc2N(C)C)ccc1Cl.CSc1ccc(N)c(SC)c1. The first-order valence-corrected chi connectivity index (χ1v) is 13.0. The first-order chi connectivity index (χ1) is 16.2. The number of hydrogen-bond acceptors (Lipinski definition) is 7. The van der Waals surface area contributed by atoms with Gasteiger partial charge >= 0.3 is 6.03 Å². The van der Waals surface area contributed by atoms with E-state index in [0.717, 1.165) is 27.5 Å². The summed E-state index contributed by atoms with van der Waals surface area (Å²) in [6.45, 7) is 0. The van der Waals surface area contributed by atoms with Crippen LogP contribution in [-0.4, -0.2) is 50.6 Å². The number of nitrogens with zero attached hydrogens (tertiary/aromatic N) is 2. The molecular formula is C24H28ClN5O2S2. The van der Waals surface area contributed by atoms with Crippen LogP contribution in [0.2, 0.25) is 5.02 Å². The van der Waals surface area contributed by atoms with Crippen LogP contribution in [0.25, 0.3) is 11.3 Å². The molecule has 0 aliphatic carbocycles. The Labute approximate surface area is 213 Å². The molecule has 0 saturated heterocycles. The highest BCUT2D eigenvalue weighted by molar-refractivity contribution is 7.99. The Kier molecular flexibility index (Phi) is 10.6. The van der Waals surface area contributed by atoms with Crippen molar-refractivity contribution in [2.24, 2.45) is 0 Å². The van der Waals surface area contributed by atoms with E-state index in [9.17, 15) is 9.59 Å². The maximum atomic E-state index is 12.1. The van der Waals surface area contributed by atoms with Crippen molar-refractivity contribution in [3.05, 3.63) is 65.3 Å². The van der Waals surface area contributed by atoms with Crippen molar-refractivity contribution in [2.75, 3.05) is 44.3 Å². The Morgan fingerprint density at radius 1 is 1.06 bits per heavy atom. The number of carbonyl (C=O) groups excluding carboxylic acids is 2. The van der Waals surface area contributed by atoms with E-state index in [1.54, 1.807) is 47.9 Å². The predicted molar refractivity (Wildman–Crippen MR) is 145 cm³/mol. The fourth-order valence-electron chi connectivity index (χ4n) is 2.88. The number of nitrogens with one attached hydrogen (secondary N) is 2. The molecule has 0 bridgehead atoms. The zero-order valence-electron chi connectivity index (χ0n) is 19.7. The van der Waals surface area contributed by atoms with Gasteiger partial charge in [-0.15, -0.1) is 23.5 Å². The molecule has 3 rings (SSSR count). The van der Waals surface area contributed by atoms with Crippen LogP contribution in [0.3, 0.4) is 0 Å². The van der Waals surface area contributed by atoms with Crippen molar-refractivity contribution in [2.45, 2.75) is 9.79 Å². The Morgan fingerprint density at radius 2 is 1.79 bits per heavy atom. The summed E-state index contributed by atoms with van der Waals surface area (Å²) in [6.07, 6.45) is 5.78. The van der Waals surface area contributed by atoms with Crippen LogP contribution >= 0.6 is 35.1 Å². The number of anilines is 2. The van der Waals surface area contributed by atoms with E-state index >= 15 is 0 Å². The molecule has 180 valence electrons. The van der Waals surface area contributed by atoms with Crippen molar-refractivity contribution < 1.29 is 9.59 Å². The second kappa shape index (κ2) is 13.1. The predicted octanol–water partition coefficient (Wildman–Crippen LogP) is 5.25. The number of nitrogens with two attached hydrogens (primary N) is 1. The van der Waals surface area contributed by atoms with Gasteiger partial charge < -0.3 is 16.0 Å². The minimum Gasteiger partial charge on any atom is -0.398 e. The highest BCUT2D eigenvalue weighted by atomic mass is 35.5. The number of carbonyl (C=O) groups is 2. The lowest BCUT2D eigenvalue weighted by atomic mass is 10.1. The van der Waals surface area contributed by atoms with Crippen LogP contribution in [0, 0.1) is 0 Å². The average molecular weight is 518 g/mol. The number of benzene rings is 2. The molecule has 0 spiro atoms. The number of rotatable bonds is 5. The van der Waals surface area contributed by atoms with Crippen LogP contribution in [0.15, 0.2) is 64.5 Å². The third-order valence-electron chi connectivity index (χ3n) is 4.65. The standard InChI is InChI=1S/C16H17ClN4O2.C8H11NS2/c1-18-16(23)20-15(22)11-9-10(6-7-12(11)17)14-13(21(2)3)5-4-8-19-14;1-10-6-3-4-7(9)8(5-6)11-2/h4-9H,1-3H3,(H2,18,20,22,23);3-5H,9H2,1-2H3. The zero-order chi connectivity index (χ0) is 25.3. The molecule has 3 amide bonds. The van der Waals surface area contributed by atoms with Crippen LogP contribution < -0.4 is 21.3 Å². The summed E-state index contributed by atoms with van der Waals surface area (Å²) in [5, 5.41) is 4.78. The van der Waals surface area contributed by atoms with Crippen LogP contribution in [-0.2, 0) is 0 Å².